The van der Waals surface area contributed by atoms with Crippen LogP contribution in [0.3, 0.4) is 0 Å². The van der Waals surface area contributed by atoms with Crippen molar-refractivity contribution in [2.75, 3.05) is 19.0 Å². The van der Waals surface area contributed by atoms with Crippen LogP contribution in [0.4, 0.5) is 5.69 Å². The van der Waals surface area contributed by atoms with Gasteiger partial charge in [0.2, 0.25) is 0 Å². The van der Waals surface area contributed by atoms with Crippen LogP contribution in [0, 0.1) is 0 Å². The Hall–Kier alpha value is -2.27. The van der Waals surface area contributed by atoms with E-state index in [1.165, 1.54) is 0 Å². The van der Waals surface area contributed by atoms with Crippen LogP contribution in [0.1, 0.15) is 19.8 Å². The summed E-state index contributed by atoms with van der Waals surface area (Å²) in [5.74, 6) is 0.740. The lowest BCUT2D eigenvalue weighted by Gasteiger charge is -2.13. The Morgan fingerprint density at radius 3 is 2.78 bits per heavy atom. The van der Waals surface area contributed by atoms with Crippen molar-refractivity contribution in [1.29, 1.82) is 0 Å². The summed E-state index contributed by atoms with van der Waals surface area (Å²) in [5, 5.41) is 9.09. The number of benzene rings is 2. The first-order chi connectivity index (χ1) is 11.2. The lowest BCUT2D eigenvalue weighted by molar-refractivity contribution is 0.417. The van der Waals surface area contributed by atoms with Crippen LogP contribution < -0.4 is 15.4 Å². The average molecular weight is 328 g/mol. The van der Waals surface area contributed by atoms with Crippen LogP contribution in [-0.4, -0.2) is 18.8 Å². The third-order valence-electron chi connectivity index (χ3n) is 3.76. The molecule has 0 fully saturated rings. The number of hydrogen-bond acceptors (Lipinski definition) is 3. The fourth-order valence-corrected chi connectivity index (χ4v) is 2.78. The molecular formula is C18H20N2O2S. The predicted octanol–water partition coefficient (Wildman–Crippen LogP) is 4.68. The van der Waals surface area contributed by atoms with E-state index in [0.717, 1.165) is 52.8 Å². The van der Waals surface area contributed by atoms with Gasteiger partial charge in [-0.05, 0) is 30.8 Å². The van der Waals surface area contributed by atoms with Crippen LogP contribution in [0.2, 0.25) is 0 Å². The molecule has 0 radical (unpaired) electrons. The van der Waals surface area contributed by atoms with Crippen LogP contribution in [-0.2, 0) is 0 Å². The van der Waals surface area contributed by atoms with Crippen LogP contribution >= 0.6 is 12.2 Å². The van der Waals surface area contributed by atoms with E-state index in [1.54, 1.807) is 7.11 Å². The minimum Gasteiger partial charge on any atom is -0.495 e. The van der Waals surface area contributed by atoms with E-state index in [-0.39, 0.29) is 0 Å². The van der Waals surface area contributed by atoms with Crippen molar-refractivity contribution in [3.05, 3.63) is 36.4 Å². The van der Waals surface area contributed by atoms with E-state index < -0.39 is 0 Å². The first-order valence-electron chi connectivity index (χ1n) is 7.77. The fraction of sp³-hybridized carbons (Fsp3) is 0.278. The fourth-order valence-electron chi connectivity index (χ4n) is 2.56. The highest BCUT2D eigenvalue weighted by Gasteiger charge is 2.12. The summed E-state index contributed by atoms with van der Waals surface area (Å²) < 4.78 is 11.4. The maximum absolute atomic E-state index is 5.91. The summed E-state index contributed by atoms with van der Waals surface area (Å²) in [4.78, 5) is 0. The van der Waals surface area contributed by atoms with Crippen LogP contribution in [0.15, 0.2) is 40.8 Å². The van der Waals surface area contributed by atoms with Crippen molar-refractivity contribution in [3.8, 4) is 5.75 Å². The lowest BCUT2D eigenvalue weighted by atomic mass is 10.1. The molecule has 0 unspecified atom stereocenters. The largest absolute Gasteiger partial charge is 0.495 e. The van der Waals surface area contributed by atoms with Gasteiger partial charge in [0.15, 0.2) is 5.11 Å². The van der Waals surface area contributed by atoms with Gasteiger partial charge in [-0.25, -0.2) is 0 Å². The summed E-state index contributed by atoms with van der Waals surface area (Å²) in [6.45, 7) is 3.01. The molecule has 0 aliphatic rings. The number of rotatable bonds is 5. The molecule has 0 atom stereocenters. The Morgan fingerprint density at radius 2 is 2.00 bits per heavy atom. The maximum atomic E-state index is 5.91. The van der Waals surface area contributed by atoms with Crippen molar-refractivity contribution in [1.82, 2.24) is 5.32 Å². The maximum Gasteiger partial charge on any atom is 0.170 e. The molecule has 120 valence electrons. The number of para-hydroxylation sites is 1. The molecule has 2 aromatic carbocycles. The Balaban J connectivity index is 1.93. The Labute approximate surface area is 140 Å². The number of thiocarbonyl (C=S) groups is 1. The monoisotopic (exact) mass is 328 g/mol. The minimum absolute atomic E-state index is 0.590. The number of ether oxygens (including phenoxy) is 1. The predicted molar refractivity (Wildman–Crippen MR) is 99.4 cm³/mol. The van der Waals surface area contributed by atoms with Gasteiger partial charge < -0.3 is 19.8 Å². The van der Waals surface area contributed by atoms with Gasteiger partial charge in [0, 0.05) is 23.4 Å². The first-order valence-corrected chi connectivity index (χ1v) is 8.18. The van der Waals surface area contributed by atoms with Gasteiger partial charge in [0.05, 0.1) is 12.8 Å². The molecule has 0 aliphatic heterocycles. The van der Waals surface area contributed by atoms with Gasteiger partial charge in [-0.15, -0.1) is 0 Å². The van der Waals surface area contributed by atoms with Crippen molar-refractivity contribution >= 4 is 45.0 Å². The van der Waals surface area contributed by atoms with E-state index in [2.05, 4.69) is 17.6 Å². The van der Waals surface area contributed by atoms with E-state index in [0.29, 0.717) is 5.11 Å². The van der Waals surface area contributed by atoms with Gasteiger partial charge in [0.1, 0.15) is 16.9 Å². The molecule has 2 N–H and O–H groups in total. The van der Waals surface area contributed by atoms with E-state index in [9.17, 15) is 0 Å². The molecule has 1 aromatic heterocycles. The molecular weight excluding hydrogens is 308 g/mol. The SMILES string of the molecule is CCCCNC(=S)Nc1cc2oc3ccccc3c2cc1OC. The second-order valence-corrected chi connectivity index (χ2v) is 5.79. The highest BCUT2D eigenvalue weighted by atomic mass is 32.1. The Bertz CT molecular complexity index is 842. The van der Waals surface area contributed by atoms with Crippen LogP contribution in [0.5, 0.6) is 5.75 Å². The zero-order valence-corrected chi connectivity index (χ0v) is 14.1. The van der Waals surface area contributed by atoms with Crippen molar-refractivity contribution in [2.24, 2.45) is 0 Å². The smallest absolute Gasteiger partial charge is 0.170 e. The number of methoxy groups -OCH3 is 1. The number of furan rings is 1. The van der Waals surface area contributed by atoms with Crippen molar-refractivity contribution in [3.63, 3.8) is 0 Å². The van der Waals surface area contributed by atoms with E-state index in [4.69, 9.17) is 21.4 Å². The van der Waals surface area contributed by atoms with Gasteiger partial charge >= 0.3 is 0 Å². The van der Waals surface area contributed by atoms with Gasteiger partial charge in [-0.3, -0.25) is 0 Å². The number of fused-ring (bicyclic) bond motifs is 3. The normalized spacial score (nSPS) is 10.9. The molecule has 23 heavy (non-hydrogen) atoms. The average Bonchev–Trinajstić information content (AvgIpc) is 2.91. The topological polar surface area (TPSA) is 46.4 Å². The lowest BCUT2D eigenvalue weighted by Crippen LogP contribution is -2.29. The molecule has 3 rings (SSSR count). The molecule has 0 aliphatic carbocycles. The first kappa shape index (κ1) is 15.6. The van der Waals surface area contributed by atoms with Gasteiger partial charge in [-0.2, -0.15) is 0 Å². The zero-order valence-electron chi connectivity index (χ0n) is 13.3. The van der Waals surface area contributed by atoms with Gasteiger partial charge in [0.25, 0.3) is 0 Å². The van der Waals surface area contributed by atoms with E-state index in [1.807, 2.05) is 36.4 Å². The molecule has 0 spiro atoms. The third-order valence-corrected chi connectivity index (χ3v) is 4.01. The molecule has 0 bridgehead atoms. The number of anilines is 1. The summed E-state index contributed by atoms with van der Waals surface area (Å²) in [5.41, 5.74) is 2.48. The summed E-state index contributed by atoms with van der Waals surface area (Å²) in [6.07, 6.45) is 2.21. The molecule has 0 saturated heterocycles. The second kappa shape index (κ2) is 6.87. The molecule has 3 aromatic rings. The van der Waals surface area contributed by atoms with Gasteiger partial charge in [-0.1, -0.05) is 31.5 Å². The second-order valence-electron chi connectivity index (χ2n) is 5.38. The third kappa shape index (κ3) is 3.24. The standard InChI is InChI=1S/C18H20N2O2S/c1-3-4-9-19-18(23)20-14-11-16-13(10-17(14)21-2)12-7-5-6-8-15(12)22-16/h5-8,10-11H,3-4,9H2,1-2H3,(H2,19,20,23). The molecule has 0 saturated carbocycles. The van der Waals surface area contributed by atoms with E-state index >= 15 is 0 Å². The quantitative estimate of drug-likeness (QED) is 0.526. The Morgan fingerprint density at radius 1 is 1.17 bits per heavy atom. The zero-order chi connectivity index (χ0) is 16.2. The number of hydrogen-bond donors (Lipinski definition) is 2. The van der Waals surface area contributed by atoms with Crippen molar-refractivity contribution < 1.29 is 9.15 Å². The summed E-state index contributed by atoms with van der Waals surface area (Å²) in [7, 11) is 1.65. The van der Waals surface area contributed by atoms with Crippen LogP contribution in [0.25, 0.3) is 21.9 Å². The molecule has 0 amide bonds. The molecule has 5 heteroatoms. The molecule has 4 nitrogen and oxygen atoms in total. The summed E-state index contributed by atoms with van der Waals surface area (Å²) >= 11 is 5.34. The Kier molecular flexibility index (Phi) is 4.67. The van der Waals surface area contributed by atoms with Crippen molar-refractivity contribution in [2.45, 2.75) is 19.8 Å². The number of nitrogens with one attached hydrogen (secondary N) is 2. The highest BCUT2D eigenvalue weighted by molar-refractivity contribution is 7.80. The summed E-state index contributed by atoms with van der Waals surface area (Å²) in [6, 6.07) is 11.9. The highest BCUT2D eigenvalue weighted by Crippen LogP contribution is 2.36. The number of unbranched alkanes of at least 4 members (excludes halogenated alkanes) is 1. The minimum atomic E-state index is 0.590. The molecule has 1 heterocycles.